The number of hydrogen-bond acceptors (Lipinski definition) is 5. The number of amides is 1. The Bertz CT molecular complexity index is 529. The third kappa shape index (κ3) is 18.8. The lowest BCUT2D eigenvalue weighted by atomic mass is 10.0. The average molecular weight is 478 g/mol. The SMILES string of the molecule is CCCCCCCCCCCCC/C=C/[C@@H](OC)[C@H](COP(=O)(O)OCCC)NC(C)=O. The van der Waals surface area contributed by atoms with Gasteiger partial charge in [-0.15, -0.1) is 0 Å². The summed E-state index contributed by atoms with van der Waals surface area (Å²) in [4.78, 5) is 21.3. The van der Waals surface area contributed by atoms with Gasteiger partial charge in [0.05, 0.1) is 25.4 Å². The summed E-state index contributed by atoms with van der Waals surface area (Å²) in [7, 11) is -2.61. The van der Waals surface area contributed by atoms with Crippen molar-refractivity contribution in [3.63, 3.8) is 0 Å². The molecule has 8 heteroatoms. The van der Waals surface area contributed by atoms with Crippen LogP contribution in [0.15, 0.2) is 12.2 Å². The first-order chi connectivity index (χ1) is 15.4. The first-order valence-corrected chi connectivity index (χ1v) is 13.9. The maximum absolute atomic E-state index is 11.9. The van der Waals surface area contributed by atoms with E-state index in [0.29, 0.717) is 6.42 Å². The minimum Gasteiger partial charge on any atom is -0.375 e. The van der Waals surface area contributed by atoms with E-state index in [1.807, 2.05) is 19.1 Å². The molecule has 3 atom stereocenters. The Morgan fingerprint density at radius 2 is 1.50 bits per heavy atom. The predicted octanol–water partition coefficient (Wildman–Crippen LogP) is 6.31. The van der Waals surface area contributed by atoms with Crippen LogP contribution in [0.3, 0.4) is 0 Å². The summed E-state index contributed by atoms with van der Waals surface area (Å²) in [6.07, 6.45) is 19.4. The van der Waals surface area contributed by atoms with Gasteiger partial charge in [-0.1, -0.05) is 90.2 Å². The van der Waals surface area contributed by atoms with Crippen molar-refractivity contribution in [1.29, 1.82) is 0 Å². The highest BCUT2D eigenvalue weighted by Crippen LogP contribution is 2.43. The first-order valence-electron chi connectivity index (χ1n) is 12.4. The van der Waals surface area contributed by atoms with Crippen LogP contribution in [0.1, 0.15) is 104 Å². The number of phosphoric acid groups is 1. The van der Waals surface area contributed by atoms with Gasteiger partial charge in [0, 0.05) is 14.0 Å². The lowest BCUT2D eigenvalue weighted by Crippen LogP contribution is -2.45. The molecule has 2 N–H and O–H groups in total. The molecular weight excluding hydrogens is 429 g/mol. The molecule has 32 heavy (non-hydrogen) atoms. The van der Waals surface area contributed by atoms with Gasteiger partial charge in [0.25, 0.3) is 0 Å². The molecule has 0 aromatic rings. The minimum atomic E-state index is -4.15. The predicted molar refractivity (Wildman–Crippen MR) is 131 cm³/mol. The standard InChI is InChI=1S/C24H48NO6P/c1-5-7-8-9-10-11-12-13-14-15-16-17-18-19-24(29-4)23(25-22(3)26)21-31-32(27,28)30-20-6-2/h18-19,23-24H,5-17,20-21H2,1-4H3,(H,25,26)(H,27,28)/b19-18+/t23-,24+/m0/s1. The van der Waals surface area contributed by atoms with E-state index in [1.54, 1.807) is 0 Å². The van der Waals surface area contributed by atoms with Crippen LogP contribution in [0.25, 0.3) is 0 Å². The topological polar surface area (TPSA) is 94.1 Å². The Morgan fingerprint density at radius 1 is 0.938 bits per heavy atom. The van der Waals surface area contributed by atoms with Crippen LogP contribution in [0.2, 0.25) is 0 Å². The second-order valence-corrected chi connectivity index (χ2v) is 9.81. The molecule has 0 aliphatic heterocycles. The first kappa shape index (κ1) is 31.3. The molecule has 0 rings (SSSR count). The van der Waals surface area contributed by atoms with E-state index in [1.165, 1.54) is 78.2 Å². The molecule has 0 fully saturated rings. The number of nitrogens with one attached hydrogen (secondary N) is 1. The summed E-state index contributed by atoms with van der Waals surface area (Å²) in [5.74, 6) is -0.262. The van der Waals surface area contributed by atoms with Gasteiger partial charge >= 0.3 is 7.82 Å². The van der Waals surface area contributed by atoms with Crippen molar-refractivity contribution in [2.24, 2.45) is 0 Å². The minimum absolute atomic E-state index is 0.130. The van der Waals surface area contributed by atoms with Crippen LogP contribution in [-0.2, 0) is 23.1 Å². The Kier molecular flexibility index (Phi) is 20.4. The molecule has 190 valence electrons. The van der Waals surface area contributed by atoms with Crippen molar-refractivity contribution < 1.29 is 28.0 Å². The van der Waals surface area contributed by atoms with Crippen molar-refractivity contribution >= 4 is 13.7 Å². The lowest BCUT2D eigenvalue weighted by molar-refractivity contribution is -0.120. The number of rotatable bonds is 22. The van der Waals surface area contributed by atoms with Gasteiger partial charge < -0.3 is 14.9 Å². The summed E-state index contributed by atoms with van der Waals surface area (Å²) >= 11 is 0. The van der Waals surface area contributed by atoms with Gasteiger partial charge in [-0.25, -0.2) is 4.57 Å². The molecule has 0 saturated carbocycles. The molecule has 7 nitrogen and oxygen atoms in total. The largest absolute Gasteiger partial charge is 0.472 e. The lowest BCUT2D eigenvalue weighted by Gasteiger charge is -2.25. The second kappa shape index (κ2) is 20.9. The molecular formula is C24H48NO6P. The smallest absolute Gasteiger partial charge is 0.375 e. The highest BCUT2D eigenvalue weighted by molar-refractivity contribution is 7.47. The Morgan fingerprint density at radius 3 is 2.00 bits per heavy atom. The Balaban J connectivity index is 4.19. The van der Waals surface area contributed by atoms with Crippen molar-refractivity contribution in [3.05, 3.63) is 12.2 Å². The molecule has 0 bridgehead atoms. The molecule has 0 saturated heterocycles. The number of ether oxygens (including phenoxy) is 1. The fourth-order valence-electron chi connectivity index (χ4n) is 3.43. The van der Waals surface area contributed by atoms with E-state index in [0.717, 1.165) is 12.8 Å². The van der Waals surface area contributed by atoms with Gasteiger partial charge in [0.15, 0.2) is 0 Å². The average Bonchev–Trinajstić information content (AvgIpc) is 2.75. The molecule has 0 radical (unpaired) electrons. The van der Waals surface area contributed by atoms with E-state index in [9.17, 15) is 14.3 Å². The zero-order valence-corrected chi connectivity index (χ0v) is 21.7. The second-order valence-electron chi connectivity index (χ2n) is 8.36. The molecule has 0 aromatic heterocycles. The Hall–Kier alpha value is -0.720. The van der Waals surface area contributed by atoms with Crippen LogP contribution in [-0.4, -0.2) is 43.3 Å². The summed E-state index contributed by atoms with van der Waals surface area (Å²) < 4.78 is 27.3. The van der Waals surface area contributed by atoms with Crippen molar-refractivity contribution in [1.82, 2.24) is 5.32 Å². The monoisotopic (exact) mass is 477 g/mol. The molecule has 1 unspecified atom stereocenters. The van der Waals surface area contributed by atoms with Crippen LogP contribution >= 0.6 is 7.82 Å². The van der Waals surface area contributed by atoms with E-state index in [4.69, 9.17) is 13.8 Å². The van der Waals surface area contributed by atoms with E-state index < -0.39 is 20.0 Å². The number of methoxy groups -OCH3 is 1. The number of unbranched alkanes of at least 4 members (excludes halogenated alkanes) is 11. The third-order valence-corrected chi connectivity index (χ3v) is 6.22. The number of carbonyl (C=O) groups excluding carboxylic acids is 1. The van der Waals surface area contributed by atoms with Gasteiger partial charge in [-0.3, -0.25) is 13.8 Å². The quantitative estimate of drug-likeness (QED) is 0.108. The number of carbonyl (C=O) groups is 1. The summed E-state index contributed by atoms with van der Waals surface area (Å²) in [6.45, 7) is 5.42. The van der Waals surface area contributed by atoms with Crippen molar-refractivity contribution in [3.8, 4) is 0 Å². The molecule has 1 amide bonds. The van der Waals surface area contributed by atoms with E-state index in [2.05, 4.69) is 12.2 Å². The molecule has 0 spiro atoms. The normalized spacial score (nSPS) is 15.5. The van der Waals surface area contributed by atoms with Gasteiger partial charge in [-0.05, 0) is 19.3 Å². The maximum atomic E-state index is 11.9. The van der Waals surface area contributed by atoms with E-state index in [-0.39, 0.29) is 19.1 Å². The number of phosphoric ester groups is 1. The Labute approximate surface area is 196 Å². The van der Waals surface area contributed by atoms with Crippen molar-refractivity contribution in [2.45, 2.75) is 116 Å². The number of hydrogen-bond donors (Lipinski definition) is 2. The molecule has 0 aliphatic rings. The summed E-state index contributed by atoms with van der Waals surface area (Å²) in [5, 5.41) is 2.73. The van der Waals surface area contributed by atoms with Crippen LogP contribution in [0.5, 0.6) is 0 Å². The molecule has 0 heterocycles. The third-order valence-electron chi connectivity index (χ3n) is 5.23. The summed E-state index contributed by atoms with van der Waals surface area (Å²) in [6, 6.07) is -0.586. The van der Waals surface area contributed by atoms with Crippen molar-refractivity contribution in [2.75, 3.05) is 20.3 Å². The fourth-order valence-corrected chi connectivity index (χ4v) is 4.27. The number of allylic oxidation sites excluding steroid dienone is 1. The van der Waals surface area contributed by atoms with Crippen LogP contribution in [0, 0.1) is 0 Å². The maximum Gasteiger partial charge on any atom is 0.472 e. The fraction of sp³-hybridized carbons (Fsp3) is 0.875. The van der Waals surface area contributed by atoms with Gasteiger partial charge in [0.1, 0.15) is 0 Å². The zero-order chi connectivity index (χ0) is 24.1. The van der Waals surface area contributed by atoms with E-state index >= 15 is 0 Å². The summed E-state index contributed by atoms with van der Waals surface area (Å²) in [5.41, 5.74) is 0. The van der Waals surface area contributed by atoms with Gasteiger partial charge in [-0.2, -0.15) is 0 Å². The molecule has 0 aromatic carbocycles. The van der Waals surface area contributed by atoms with Gasteiger partial charge in [0.2, 0.25) is 5.91 Å². The van der Waals surface area contributed by atoms with Crippen LogP contribution < -0.4 is 5.32 Å². The highest BCUT2D eigenvalue weighted by atomic mass is 31.2. The molecule has 0 aliphatic carbocycles. The zero-order valence-electron chi connectivity index (χ0n) is 20.9. The highest BCUT2D eigenvalue weighted by Gasteiger charge is 2.27. The van der Waals surface area contributed by atoms with Crippen LogP contribution in [0.4, 0.5) is 0 Å².